The number of amides is 2. The third-order valence-corrected chi connectivity index (χ3v) is 6.30. The largest absolute Gasteiger partial charge is 0.351 e. The highest BCUT2D eigenvalue weighted by Gasteiger charge is 2.30. The van der Waals surface area contributed by atoms with Crippen LogP contribution >= 0.6 is 34.8 Å². The molecule has 2 aromatic carbocycles. The molecular formula is C24H25Cl3N2O2. The van der Waals surface area contributed by atoms with Crippen molar-refractivity contribution in [3.8, 4) is 0 Å². The molecule has 1 atom stereocenters. The monoisotopic (exact) mass is 478 g/mol. The fourth-order valence-electron chi connectivity index (χ4n) is 3.75. The van der Waals surface area contributed by atoms with Gasteiger partial charge < -0.3 is 5.32 Å². The van der Waals surface area contributed by atoms with Crippen molar-refractivity contribution < 1.29 is 9.59 Å². The first-order chi connectivity index (χ1) is 15.0. The molecule has 31 heavy (non-hydrogen) atoms. The summed E-state index contributed by atoms with van der Waals surface area (Å²) in [5, 5.41) is 3.79. The van der Waals surface area contributed by atoms with E-state index in [0.717, 1.165) is 31.2 Å². The first kappa shape index (κ1) is 23.6. The van der Waals surface area contributed by atoms with E-state index in [1.165, 1.54) is 11.3 Å². The molecule has 0 radical (unpaired) electrons. The zero-order valence-corrected chi connectivity index (χ0v) is 19.3. The Hall–Kier alpha value is -2.01. The lowest BCUT2D eigenvalue weighted by atomic mass is 9.95. The Bertz CT molecular complexity index is 928. The molecule has 0 spiro atoms. The van der Waals surface area contributed by atoms with Crippen LogP contribution in [0.4, 0.5) is 5.69 Å². The molecule has 4 nitrogen and oxygen atoms in total. The normalized spacial score (nSPS) is 15.6. The number of halogens is 3. The molecule has 1 saturated carbocycles. The van der Waals surface area contributed by atoms with Gasteiger partial charge in [0.1, 0.15) is 11.9 Å². The topological polar surface area (TPSA) is 49.4 Å². The summed E-state index contributed by atoms with van der Waals surface area (Å²) in [6.45, 7) is 0. The summed E-state index contributed by atoms with van der Waals surface area (Å²) >= 11 is 18.2. The maximum Gasteiger partial charge on any atom is 0.247 e. The summed E-state index contributed by atoms with van der Waals surface area (Å²) in [4.78, 5) is 27.6. The Balaban J connectivity index is 1.97. The average molecular weight is 480 g/mol. The number of anilines is 1. The molecule has 0 saturated heterocycles. The second-order valence-corrected chi connectivity index (χ2v) is 8.64. The van der Waals surface area contributed by atoms with Crippen LogP contribution in [0.3, 0.4) is 0 Å². The number of nitrogens with zero attached hydrogens (tertiary/aromatic N) is 1. The maximum atomic E-state index is 13.4. The van der Waals surface area contributed by atoms with Gasteiger partial charge in [-0.05, 0) is 36.6 Å². The predicted molar refractivity (Wildman–Crippen MR) is 129 cm³/mol. The number of carbonyl (C=O) groups is 2. The van der Waals surface area contributed by atoms with Crippen LogP contribution in [0.5, 0.6) is 0 Å². The SMILES string of the molecule is O=C(NC1CCCCC1)C(/C=C/c1ccccc1)N(C(=O)CCl)c1ccc(Cl)c(Cl)c1. The van der Waals surface area contributed by atoms with Crippen LogP contribution in [0.15, 0.2) is 54.6 Å². The molecule has 164 valence electrons. The molecule has 1 aliphatic carbocycles. The summed E-state index contributed by atoms with van der Waals surface area (Å²) in [5.41, 5.74) is 1.38. The van der Waals surface area contributed by atoms with E-state index in [4.69, 9.17) is 34.8 Å². The van der Waals surface area contributed by atoms with E-state index >= 15 is 0 Å². The summed E-state index contributed by atoms with van der Waals surface area (Å²) < 4.78 is 0. The standard InChI is InChI=1S/C24H25Cl3N2O2/c25-16-23(30)29(19-12-13-20(26)21(27)15-19)22(14-11-17-7-3-1-4-8-17)24(31)28-18-9-5-2-6-10-18/h1,3-4,7-8,11-15,18,22H,2,5-6,9-10,16H2,(H,28,31)/b14-11+. The Labute approximate surface area is 198 Å². The highest BCUT2D eigenvalue weighted by atomic mass is 35.5. The number of benzene rings is 2. The second-order valence-electron chi connectivity index (χ2n) is 7.55. The number of carbonyl (C=O) groups excluding carboxylic acids is 2. The lowest BCUT2D eigenvalue weighted by Gasteiger charge is -2.31. The first-order valence-corrected chi connectivity index (χ1v) is 11.7. The molecule has 1 fully saturated rings. The van der Waals surface area contributed by atoms with Crippen molar-refractivity contribution in [2.75, 3.05) is 10.8 Å². The Kier molecular flexibility index (Phi) is 8.82. The Morgan fingerprint density at radius 2 is 1.74 bits per heavy atom. The quantitative estimate of drug-likeness (QED) is 0.488. The van der Waals surface area contributed by atoms with Crippen molar-refractivity contribution in [3.63, 3.8) is 0 Å². The van der Waals surface area contributed by atoms with Gasteiger partial charge in [-0.2, -0.15) is 0 Å². The summed E-state index contributed by atoms with van der Waals surface area (Å²) in [5.74, 6) is -0.919. The molecule has 1 aliphatic rings. The van der Waals surface area contributed by atoms with Gasteiger partial charge in [-0.3, -0.25) is 14.5 Å². The Morgan fingerprint density at radius 1 is 1.03 bits per heavy atom. The summed E-state index contributed by atoms with van der Waals surface area (Å²) in [6, 6.07) is 13.7. The number of rotatable bonds is 7. The van der Waals surface area contributed by atoms with Crippen LogP contribution in [0.2, 0.25) is 10.0 Å². The number of alkyl halides is 1. The van der Waals surface area contributed by atoms with E-state index in [1.54, 1.807) is 24.3 Å². The number of hydrogen-bond acceptors (Lipinski definition) is 2. The molecule has 2 aromatic rings. The third-order valence-electron chi connectivity index (χ3n) is 5.33. The summed E-state index contributed by atoms with van der Waals surface area (Å²) in [7, 11) is 0. The minimum Gasteiger partial charge on any atom is -0.351 e. The van der Waals surface area contributed by atoms with Crippen LogP contribution < -0.4 is 10.2 Å². The highest BCUT2D eigenvalue weighted by Crippen LogP contribution is 2.29. The molecule has 3 rings (SSSR count). The van der Waals surface area contributed by atoms with Crippen LogP contribution in [0, 0.1) is 0 Å². The summed E-state index contributed by atoms with van der Waals surface area (Å²) in [6.07, 6.45) is 8.80. The zero-order chi connectivity index (χ0) is 22.2. The van der Waals surface area contributed by atoms with Gasteiger partial charge in [0.2, 0.25) is 11.8 Å². The zero-order valence-electron chi connectivity index (χ0n) is 17.1. The molecule has 0 heterocycles. The number of hydrogen-bond donors (Lipinski definition) is 1. The van der Waals surface area contributed by atoms with Crippen LogP contribution in [0.25, 0.3) is 6.08 Å². The number of nitrogens with one attached hydrogen (secondary N) is 1. The molecular weight excluding hydrogens is 455 g/mol. The van der Waals surface area contributed by atoms with Crippen molar-refractivity contribution in [1.82, 2.24) is 5.32 Å². The van der Waals surface area contributed by atoms with Crippen molar-refractivity contribution in [3.05, 3.63) is 70.2 Å². The van der Waals surface area contributed by atoms with Crippen LogP contribution in [-0.4, -0.2) is 29.8 Å². The van der Waals surface area contributed by atoms with E-state index in [1.807, 2.05) is 36.4 Å². The Morgan fingerprint density at radius 3 is 2.39 bits per heavy atom. The van der Waals surface area contributed by atoms with Crippen LogP contribution in [0.1, 0.15) is 37.7 Å². The van der Waals surface area contributed by atoms with Gasteiger partial charge >= 0.3 is 0 Å². The predicted octanol–water partition coefficient (Wildman–Crippen LogP) is 6.10. The fourth-order valence-corrected chi connectivity index (χ4v) is 4.17. The minimum absolute atomic E-state index is 0.107. The lowest BCUT2D eigenvalue weighted by Crippen LogP contribution is -2.52. The van der Waals surface area contributed by atoms with E-state index in [0.29, 0.717) is 15.7 Å². The molecule has 0 bridgehead atoms. The van der Waals surface area contributed by atoms with Crippen molar-refractivity contribution >= 4 is 58.4 Å². The van der Waals surface area contributed by atoms with Crippen molar-refractivity contribution in [1.29, 1.82) is 0 Å². The van der Waals surface area contributed by atoms with Gasteiger partial charge in [-0.25, -0.2) is 0 Å². The van der Waals surface area contributed by atoms with Gasteiger partial charge in [0.05, 0.1) is 10.0 Å². The molecule has 0 aliphatic heterocycles. The maximum absolute atomic E-state index is 13.4. The molecule has 2 amide bonds. The third kappa shape index (κ3) is 6.49. The van der Waals surface area contributed by atoms with Gasteiger partial charge in [-0.1, -0.05) is 84.9 Å². The van der Waals surface area contributed by atoms with E-state index in [-0.39, 0.29) is 17.8 Å². The fraction of sp³-hybridized carbons (Fsp3) is 0.333. The molecule has 1 unspecified atom stereocenters. The van der Waals surface area contributed by atoms with Gasteiger partial charge in [0.25, 0.3) is 0 Å². The molecule has 7 heteroatoms. The van der Waals surface area contributed by atoms with E-state index in [2.05, 4.69) is 5.32 Å². The van der Waals surface area contributed by atoms with Crippen LogP contribution in [-0.2, 0) is 9.59 Å². The van der Waals surface area contributed by atoms with Crippen molar-refractivity contribution in [2.24, 2.45) is 0 Å². The second kappa shape index (κ2) is 11.6. The smallest absolute Gasteiger partial charge is 0.247 e. The van der Waals surface area contributed by atoms with Gasteiger partial charge in [0.15, 0.2) is 0 Å². The van der Waals surface area contributed by atoms with Gasteiger partial charge in [0, 0.05) is 11.7 Å². The van der Waals surface area contributed by atoms with E-state index in [9.17, 15) is 9.59 Å². The molecule has 1 N–H and O–H groups in total. The first-order valence-electron chi connectivity index (χ1n) is 10.4. The lowest BCUT2D eigenvalue weighted by molar-refractivity contribution is -0.125. The van der Waals surface area contributed by atoms with E-state index < -0.39 is 11.9 Å². The minimum atomic E-state index is -0.884. The van der Waals surface area contributed by atoms with Crippen molar-refractivity contribution in [2.45, 2.75) is 44.2 Å². The average Bonchev–Trinajstić information content (AvgIpc) is 2.79. The van der Waals surface area contributed by atoms with Gasteiger partial charge in [-0.15, -0.1) is 11.6 Å². The highest BCUT2D eigenvalue weighted by molar-refractivity contribution is 6.42. The molecule has 0 aromatic heterocycles.